The maximum atomic E-state index is 11.7. The SMILES string of the molecule is O=C1CN(CCCO)c2cc(-c3cccnc3)ccc2N1. The van der Waals surface area contributed by atoms with Gasteiger partial charge < -0.3 is 15.3 Å². The first kappa shape index (κ1) is 13.6. The van der Waals surface area contributed by atoms with Crippen molar-refractivity contribution in [2.45, 2.75) is 6.42 Å². The molecule has 1 aromatic heterocycles. The molecule has 0 saturated heterocycles. The molecule has 5 heteroatoms. The summed E-state index contributed by atoms with van der Waals surface area (Å²) in [6.07, 6.45) is 4.21. The summed E-state index contributed by atoms with van der Waals surface area (Å²) in [6.45, 7) is 1.10. The minimum absolute atomic E-state index is 0.0189. The van der Waals surface area contributed by atoms with Crippen LogP contribution in [-0.2, 0) is 4.79 Å². The third-order valence-electron chi connectivity index (χ3n) is 3.53. The lowest BCUT2D eigenvalue weighted by atomic mass is 10.0. The van der Waals surface area contributed by atoms with Gasteiger partial charge in [0.05, 0.1) is 17.9 Å². The van der Waals surface area contributed by atoms with Gasteiger partial charge in [0.15, 0.2) is 0 Å². The topological polar surface area (TPSA) is 65.5 Å². The second-order valence-corrected chi connectivity index (χ2v) is 5.02. The lowest BCUT2D eigenvalue weighted by Crippen LogP contribution is -2.39. The number of hydrogen-bond acceptors (Lipinski definition) is 4. The Balaban J connectivity index is 1.97. The van der Waals surface area contributed by atoms with Crippen LogP contribution in [0.15, 0.2) is 42.7 Å². The summed E-state index contributed by atoms with van der Waals surface area (Å²) in [7, 11) is 0. The first-order valence-electron chi connectivity index (χ1n) is 6.98. The zero-order valence-corrected chi connectivity index (χ0v) is 11.6. The fourth-order valence-electron chi connectivity index (χ4n) is 2.52. The molecule has 0 unspecified atom stereocenters. The van der Waals surface area contributed by atoms with Gasteiger partial charge in [0.25, 0.3) is 0 Å². The molecule has 1 aromatic carbocycles. The number of pyridine rings is 1. The van der Waals surface area contributed by atoms with E-state index >= 15 is 0 Å². The van der Waals surface area contributed by atoms with E-state index in [0.717, 1.165) is 22.5 Å². The standard InChI is InChI=1S/C16H17N3O2/c20-8-2-7-19-11-16(21)18-14-5-4-12(9-15(14)19)13-3-1-6-17-10-13/h1,3-6,9-10,20H,2,7-8,11H2,(H,18,21). The Morgan fingerprint density at radius 1 is 1.29 bits per heavy atom. The van der Waals surface area contributed by atoms with Crippen molar-refractivity contribution >= 4 is 17.3 Å². The van der Waals surface area contributed by atoms with E-state index in [1.165, 1.54) is 0 Å². The molecule has 0 aliphatic carbocycles. The molecule has 2 N–H and O–H groups in total. The van der Waals surface area contributed by atoms with E-state index in [-0.39, 0.29) is 12.5 Å². The number of nitrogens with zero attached hydrogens (tertiary/aromatic N) is 2. The number of carbonyl (C=O) groups excluding carboxylic acids is 1. The lowest BCUT2D eigenvalue weighted by molar-refractivity contribution is -0.115. The molecule has 2 aromatic rings. The van der Waals surface area contributed by atoms with Crippen LogP contribution in [0, 0.1) is 0 Å². The Bertz CT molecular complexity index is 643. The molecule has 1 aliphatic heterocycles. The molecule has 0 radical (unpaired) electrons. The number of aliphatic hydroxyl groups excluding tert-OH is 1. The average Bonchev–Trinajstić information content (AvgIpc) is 2.53. The van der Waals surface area contributed by atoms with Crippen molar-refractivity contribution in [3.05, 3.63) is 42.7 Å². The number of anilines is 2. The number of aromatic nitrogens is 1. The van der Waals surface area contributed by atoms with Crippen LogP contribution >= 0.6 is 0 Å². The summed E-state index contributed by atoms with van der Waals surface area (Å²) in [4.78, 5) is 17.9. The number of aliphatic hydroxyl groups is 1. The molecule has 21 heavy (non-hydrogen) atoms. The van der Waals surface area contributed by atoms with Gasteiger partial charge in [0.2, 0.25) is 5.91 Å². The van der Waals surface area contributed by atoms with Crippen molar-refractivity contribution in [2.75, 3.05) is 29.9 Å². The molecule has 1 aliphatic rings. The van der Waals surface area contributed by atoms with Crippen LogP contribution in [0.25, 0.3) is 11.1 Å². The molecule has 0 atom stereocenters. The predicted molar refractivity (Wildman–Crippen MR) is 82.2 cm³/mol. The zero-order valence-electron chi connectivity index (χ0n) is 11.6. The van der Waals surface area contributed by atoms with Gasteiger partial charge in [-0.05, 0) is 30.2 Å². The number of rotatable bonds is 4. The molecule has 2 heterocycles. The first-order valence-corrected chi connectivity index (χ1v) is 6.98. The Morgan fingerprint density at radius 2 is 2.19 bits per heavy atom. The van der Waals surface area contributed by atoms with E-state index in [9.17, 15) is 4.79 Å². The molecule has 0 saturated carbocycles. The highest BCUT2D eigenvalue weighted by atomic mass is 16.3. The first-order chi connectivity index (χ1) is 10.3. The molecule has 3 rings (SSSR count). The van der Waals surface area contributed by atoms with Gasteiger partial charge in [-0.25, -0.2) is 0 Å². The summed E-state index contributed by atoms with van der Waals surface area (Å²) in [5, 5.41) is 11.9. The number of nitrogens with one attached hydrogen (secondary N) is 1. The Morgan fingerprint density at radius 3 is 2.95 bits per heavy atom. The zero-order chi connectivity index (χ0) is 14.7. The van der Waals surface area contributed by atoms with E-state index in [2.05, 4.69) is 16.4 Å². The summed E-state index contributed by atoms with van der Waals surface area (Å²) in [6, 6.07) is 9.86. The highest BCUT2D eigenvalue weighted by molar-refractivity contribution is 6.01. The summed E-state index contributed by atoms with van der Waals surface area (Å²) in [5.41, 5.74) is 3.91. The maximum Gasteiger partial charge on any atom is 0.243 e. The lowest BCUT2D eigenvalue weighted by Gasteiger charge is -2.31. The van der Waals surface area contributed by atoms with Gasteiger partial charge in [-0.15, -0.1) is 0 Å². The highest BCUT2D eigenvalue weighted by Gasteiger charge is 2.21. The molecule has 1 amide bonds. The normalized spacial score (nSPS) is 13.8. The molecule has 0 fully saturated rings. The third kappa shape index (κ3) is 2.87. The number of amides is 1. The monoisotopic (exact) mass is 283 g/mol. The predicted octanol–water partition coefficient (Wildman–Crippen LogP) is 1.89. The highest BCUT2D eigenvalue weighted by Crippen LogP contribution is 2.33. The summed E-state index contributed by atoms with van der Waals surface area (Å²) >= 11 is 0. The Kier molecular flexibility index (Phi) is 3.83. The maximum absolute atomic E-state index is 11.7. The molecular weight excluding hydrogens is 266 g/mol. The second-order valence-electron chi connectivity index (χ2n) is 5.02. The van der Waals surface area contributed by atoms with E-state index in [4.69, 9.17) is 5.11 Å². The van der Waals surface area contributed by atoms with Gasteiger partial charge in [0.1, 0.15) is 0 Å². The van der Waals surface area contributed by atoms with Gasteiger partial charge in [-0.2, -0.15) is 0 Å². The largest absolute Gasteiger partial charge is 0.396 e. The van der Waals surface area contributed by atoms with Crippen LogP contribution in [0.2, 0.25) is 0 Å². The third-order valence-corrected chi connectivity index (χ3v) is 3.53. The molecule has 0 bridgehead atoms. The van der Waals surface area contributed by atoms with Crippen LogP contribution in [0.4, 0.5) is 11.4 Å². The number of benzene rings is 1. The quantitative estimate of drug-likeness (QED) is 0.899. The Hall–Kier alpha value is -2.40. The fraction of sp³-hybridized carbons (Fsp3) is 0.250. The van der Waals surface area contributed by atoms with Gasteiger partial charge in [-0.3, -0.25) is 9.78 Å². The van der Waals surface area contributed by atoms with Crippen LogP contribution in [0.5, 0.6) is 0 Å². The van der Waals surface area contributed by atoms with Gasteiger partial charge >= 0.3 is 0 Å². The van der Waals surface area contributed by atoms with E-state index in [0.29, 0.717) is 19.5 Å². The molecule has 5 nitrogen and oxygen atoms in total. The van der Waals surface area contributed by atoms with Crippen LogP contribution < -0.4 is 10.2 Å². The number of carbonyl (C=O) groups is 1. The van der Waals surface area contributed by atoms with Gasteiger partial charge in [-0.1, -0.05) is 12.1 Å². The van der Waals surface area contributed by atoms with E-state index < -0.39 is 0 Å². The van der Waals surface area contributed by atoms with Crippen LogP contribution in [0.3, 0.4) is 0 Å². The minimum Gasteiger partial charge on any atom is -0.396 e. The van der Waals surface area contributed by atoms with E-state index in [1.807, 2.05) is 35.4 Å². The summed E-state index contributed by atoms with van der Waals surface area (Å²) < 4.78 is 0. The number of hydrogen-bond donors (Lipinski definition) is 2. The smallest absolute Gasteiger partial charge is 0.243 e. The molecule has 108 valence electrons. The van der Waals surface area contributed by atoms with Crippen molar-refractivity contribution < 1.29 is 9.90 Å². The van der Waals surface area contributed by atoms with Crippen molar-refractivity contribution in [2.24, 2.45) is 0 Å². The Labute approximate surface area is 123 Å². The summed E-state index contributed by atoms with van der Waals surface area (Å²) in [5.74, 6) is -0.0189. The van der Waals surface area contributed by atoms with Crippen LogP contribution in [-0.4, -0.2) is 35.7 Å². The second kappa shape index (κ2) is 5.93. The average molecular weight is 283 g/mol. The van der Waals surface area contributed by atoms with Gasteiger partial charge in [0, 0.05) is 31.1 Å². The van der Waals surface area contributed by atoms with E-state index in [1.54, 1.807) is 6.20 Å². The molecule has 0 spiro atoms. The van der Waals surface area contributed by atoms with Crippen molar-refractivity contribution in [3.63, 3.8) is 0 Å². The van der Waals surface area contributed by atoms with Crippen molar-refractivity contribution in [3.8, 4) is 11.1 Å². The number of fused-ring (bicyclic) bond motifs is 1. The van der Waals surface area contributed by atoms with Crippen LogP contribution in [0.1, 0.15) is 6.42 Å². The molecular formula is C16H17N3O2. The van der Waals surface area contributed by atoms with Crippen molar-refractivity contribution in [1.82, 2.24) is 4.98 Å². The fourth-order valence-corrected chi connectivity index (χ4v) is 2.52. The van der Waals surface area contributed by atoms with Crippen molar-refractivity contribution in [1.29, 1.82) is 0 Å². The minimum atomic E-state index is -0.0189.